The summed E-state index contributed by atoms with van der Waals surface area (Å²) in [4.78, 5) is 8.33. The molecule has 2 N–H and O–H groups in total. The minimum absolute atomic E-state index is 0.192. The zero-order valence-corrected chi connectivity index (χ0v) is 11.9. The molecule has 0 aliphatic heterocycles. The Morgan fingerprint density at radius 2 is 1.75 bits per heavy atom. The maximum absolute atomic E-state index is 9.83. The van der Waals surface area contributed by atoms with E-state index in [0.29, 0.717) is 30.3 Å². The second kappa shape index (κ2) is 6.37. The van der Waals surface area contributed by atoms with E-state index in [1.807, 2.05) is 30.3 Å². The van der Waals surface area contributed by atoms with Gasteiger partial charge in [-0.2, -0.15) is 4.98 Å². The van der Waals surface area contributed by atoms with E-state index in [9.17, 15) is 10.2 Å². The van der Waals surface area contributed by atoms with E-state index in [0.717, 1.165) is 12.0 Å². The van der Waals surface area contributed by atoms with E-state index >= 15 is 0 Å². The number of aromatic nitrogens is 2. The van der Waals surface area contributed by atoms with E-state index in [1.165, 1.54) is 0 Å². The van der Waals surface area contributed by atoms with Crippen molar-refractivity contribution >= 4 is 0 Å². The van der Waals surface area contributed by atoms with Crippen LogP contribution < -0.4 is 0 Å². The Hall–Kier alpha value is -2.10. The minimum atomic E-state index is -0.329. The molecule has 0 saturated carbocycles. The second-order valence-electron chi connectivity index (χ2n) is 5.35. The first-order valence-corrected chi connectivity index (χ1v) is 6.88. The molecule has 1 aromatic carbocycles. The van der Waals surface area contributed by atoms with Crippen LogP contribution in [0.3, 0.4) is 0 Å². The van der Waals surface area contributed by atoms with Gasteiger partial charge in [0.15, 0.2) is 5.75 Å². The van der Waals surface area contributed by atoms with Crippen LogP contribution in [0.15, 0.2) is 30.3 Å². The van der Waals surface area contributed by atoms with Gasteiger partial charge >= 0.3 is 0 Å². The van der Waals surface area contributed by atoms with Crippen molar-refractivity contribution in [2.24, 2.45) is 5.92 Å². The molecule has 0 atom stereocenters. The van der Waals surface area contributed by atoms with Crippen molar-refractivity contribution in [1.29, 1.82) is 0 Å². The Bertz CT molecular complexity index is 568. The zero-order valence-electron chi connectivity index (χ0n) is 11.9. The quantitative estimate of drug-likeness (QED) is 0.878. The largest absolute Gasteiger partial charge is 0.502 e. The highest BCUT2D eigenvalue weighted by molar-refractivity contribution is 5.36. The number of hydrogen-bond acceptors (Lipinski definition) is 4. The number of rotatable bonds is 5. The fourth-order valence-electron chi connectivity index (χ4n) is 2.00. The molecule has 0 radical (unpaired) electrons. The highest BCUT2D eigenvalue weighted by Gasteiger charge is 2.13. The van der Waals surface area contributed by atoms with Gasteiger partial charge in [-0.25, -0.2) is 4.98 Å². The van der Waals surface area contributed by atoms with Gasteiger partial charge in [-0.1, -0.05) is 44.2 Å². The molecule has 0 saturated heterocycles. The highest BCUT2D eigenvalue weighted by Crippen LogP contribution is 2.27. The predicted octanol–water partition coefficient (Wildman–Crippen LogP) is 3.07. The van der Waals surface area contributed by atoms with Gasteiger partial charge in [0.05, 0.1) is 5.69 Å². The van der Waals surface area contributed by atoms with E-state index in [4.69, 9.17) is 0 Å². The van der Waals surface area contributed by atoms with Gasteiger partial charge in [0.1, 0.15) is 5.82 Å². The molecule has 1 aromatic heterocycles. The van der Waals surface area contributed by atoms with Crippen molar-refractivity contribution in [3.63, 3.8) is 0 Å². The summed E-state index contributed by atoms with van der Waals surface area (Å²) < 4.78 is 0. The smallest absolute Gasteiger partial charge is 0.258 e. The fourth-order valence-corrected chi connectivity index (χ4v) is 2.00. The third-order valence-corrected chi connectivity index (χ3v) is 3.15. The van der Waals surface area contributed by atoms with Crippen LogP contribution in [0.25, 0.3) is 0 Å². The van der Waals surface area contributed by atoms with Crippen LogP contribution in [-0.2, 0) is 12.8 Å². The second-order valence-corrected chi connectivity index (χ2v) is 5.35. The molecule has 0 fully saturated rings. The fraction of sp³-hybridized carbons (Fsp3) is 0.375. The van der Waals surface area contributed by atoms with Gasteiger partial charge in [-0.3, -0.25) is 0 Å². The summed E-state index contributed by atoms with van der Waals surface area (Å²) in [5, 5.41) is 19.5. The van der Waals surface area contributed by atoms with Crippen molar-refractivity contribution in [2.45, 2.75) is 33.1 Å². The van der Waals surface area contributed by atoms with Gasteiger partial charge in [-0.05, 0) is 24.3 Å². The molecular formula is C16H20N2O2. The summed E-state index contributed by atoms with van der Waals surface area (Å²) in [5.41, 5.74) is 1.60. The lowest BCUT2D eigenvalue weighted by Crippen LogP contribution is -2.03. The van der Waals surface area contributed by atoms with Crippen molar-refractivity contribution in [3.8, 4) is 11.6 Å². The average molecular weight is 272 g/mol. The number of benzene rings is 1. The van der Waals surface area contributed by atoms with Crippen LogP contribution in [0.5, 0.6) is 11.6 Å². The Labute approximate surface area is 119 Å². The third kappa shape index (κ3) is 3.70. The lowest BCUT2D eigenvalue weighted by atomic mass is 10.1. The first-order chi connectivity index (χ1) is 9.56. The SMILES string of the molecule is CC(C)CCc1nc(Cc2ccccc2)nc(O)c1O. The van der Waals surface area contributed by atoms with Gasteiger partial charge in [0.25, 0.3) is 5.88 Å². The van der Waals surface area contributed by atoms with Crippen molar-refractivity contribution in [1.82, 2.24) is 9.97 Å². The molecule has 0 spiro atoms. The minimum Gasteiger partial charge on any atom is -0.502 e. The summed E-state index contributed by atoms with van der Waals surface area (Å²) in [7, 11) is 0. The van der Waals surface area contributed by atoms with Crippen LogP contribution in [0, 0.1) is 5.92 Å². The molecule has 20 heavy (non-hydrogen) atoms. The summed E-state index contributed by atoms with van der Waals surface area (Å²) in [5.74, 6) is 0.529. The maximum Gasteiger partial charge on any atom is 0.258 e. The molecule has 0 aliphatic rings. The van der Waals surface area contributed by atoms with E-state index in [2.05, 4.69) is 23.8 Å². The third-order valence-electron chi connectivity index (χ3n) is 3.15. The normalized spacial score (nSPS) is 10.9. The van der Waals surface area contributed by atoms with E-state index < -0.39 is 0 Å². The van der Waals surface area contributed by atoms with Crippen LogP contribution in [0.2, 0.25) is 0 Å². The number of nitrogens with zero attached hydrogens (tertiary/aromatic N) is 2. The summed E-state index contributed by atoms with van der Waals surface area (Å²) >= 11 is 0. The topological polar surface area (TPSA) is 66.2 Å². The highest BCUT2D eigenvalue weighted by atomic mass is 16.3. The zero-order chi connectivity index (χ0) is 14.5. The molecular weight excluding hydrogens is 252 g/mol. The standard InChI is InChI=1S/C16H20N2O2/c1-11(2)8-9-13-15(19)16(20)18-14(17-13)10-12-6-4-3-5-7-12/h3-7,11,19H,8-10H2,1-2H3,(H,17,18,20). The molecule has 4 nitrogen and oxygen atoms in total. The molecule has 0 unspecified atom stereocenters. The molecule has 2 aromatic rings. The van der Waals surface area contributed by atoms with Crippen LogP contribution in [0.4, 0.5) is 0 Å². The Kier molecular flexibility index (Phi) is 4.56. The summed E-state index contributed by atoms with van der Waals surface area (Å²) in [6, 6.07) is 9.83. The van der Waals surface area contributed by atoms with Gasteiger partial charge < -0.3 is 10.2 Å². The Balaban J connectivity index is 2.21. The molecule has 4 heteroatoms. The number of aryl methyl sites for hydroxylation is 1. The first-order valence-electron chi connectivity index (χ1n) is 6.88. The number of hydrogen-bond donors (Lipinski definition) is 2. The molecule has 2 rings (SSSR count). The lowest BCUT2D eigenvalue weighted by Gasteiger charge is -2.09. The van der Waals surface area contributed by atoms with E-state index in [1.54, 1.807) is 0 Å². The molecule has 106 valence electrons. The Morgan fingerprint density at radius 1 is 1.05 bits per heavy atom. The lowest BCUT2D eigenvalue weighted by molar-refractivity contribution is 0.376. The van der Waals surface area contributed by atoms with Crippen LogP contribution in [0.1, 0.15) is 37.4 Å². The van der Waals surface area contributed by atoms with Crippen molar-refractivity contribution in [3.05, 3.63) is 47.4 Å². The molecule has 0 aliphatic carbocycles. The Morgan fingerprint density at radius 3 is 2.40 bits per heavy atom. The van der Waals surface area contributed by atoms with Crippen molar-refractivity contribution < 1.29 is 10.2 Å². The van der Waals surface area contributed by atoms with Crippen LogP contribution >= 0.6 is 0 Å². The first kappa shape index (κ1) is 14.3. The average Bonchev–Trinajstić information content (AvgIpc) is 2.42. The van der Waals surface area contributed by atoms with Crippen LogP contribution in [-0.4, -0.2) is 20.2 Å². The molecule has 0 bridgehead atoms. The predicted molar refractivity (Wildman–Crippen MR) is 77.8 cm³/mol. The summed E-state index contributed by atoms with van der Waals surface area (Å²) in [6.45, 7) is 4.23. The summed E-state index contributed by atoms with van der Waals surface area (Å²) in [6.07, 6.45) is 2.10. The monoisotopic (exact) mass is 272 g/mol. The number of aromatic hydroxyl groups is 2. The van der Waals surface area contributed by atoms with Crippen molar-refractivity contribution in [2.75, 3.05) is 0 Å². The molecule has 1 heterocycles. The maximum atomic E-state index is 9.83. The van der Waals surface area contributed by atoms with Gasteiger partial charge in [0.2, 0.25) is 0 Å². The van der Waals surface area contributed by atoms with Gasteiger partial charge in [-0.15, -0.1) is 0 Å². The van der Waals surface area contributed by atoms with E-state index in [-0.39, 0.29) is 11.6 Å². The van der Waals surface area contributed by atoms with Gasteiger partial charge in [0, 0.05) is 6.42 Å². The molecule has 0 amide bonds.